The number of rotatable bonds is 6. The minimum Gasteiger partial charge on any atom is -1.00 e. The molecule has 2 bridgehead atoms. The van der Waals surface area contributed by atoms with Crippen LogP contribution in [-0.2, 0) is 6.54 Å². The Labute approximate surface area is 222 Å². The number of hydrogen-bond donors (Lipinski definition) is 1. The summed E-state index contributed by atoms with van der Waals surface area (Å²) in [6, 6.07) is 11.7. The maximum atomic E-state index is 12.0. The Hall–Kier alpha value is -2.51. The van der Waals surface area contributed by atoms with E-state index in [1.165, 1.54) is 0 Å². The van der Waals surface area contributed by atoms with Crippen LogP contribution in [0, 0.1) is 11.8 Å². The van der Waals surface area contributed by atoms with Crippen LogP contribution in [0.2, 0.25) is 5.02 Å². The predicted octanol–water partition coefficient (Wildman–Crippen LogP) is 2.27. The fraction of sp³-hybridized carbons (Fsp3) is 0.393. The summed E-state index contributed by atoms with van der Waals surface area (Å²) in [5.41, 5.74) is 2.78. The third kappa shape index (κ3) is 4.10. The molecule has 0 saturated carbocycles. The Balaban J connectivity index is 0.00000267. The molecule has 4 unspecified atom stereocenters. The van der Waals surface area contributed by atoms with Crippen LogP contribution in [0.5, 0.6) is 17.2 Å². The first-order valence-electron chi connectivity index (χ1n) is 12.2. The average Bonchev–Trinajstić information content (AvgIpc) is 3.34. The van der Waals surface area contributed by atoms with Crippen molar-refractivity contribution in [3.63, 3.8) is 0 Å². The highest BCUT2D eigenvalue weighted by atomic mass is 35.5. The molecule has 190 valence electrons. The number of aliphatic hydroxyl groups excluding tert-OH is 1. The maximum Gasteiger partial charge on any atom is 0.231 e. The van der Waals surface area contributed by atoms with Gasteiger partial charge in [-0.3, -0.25) is 4.98 Å². The largest absolute Gasteiger partial charge is 1.00 e. The molecule has 4 aliphatic heterocycles. The van der Waals surface area contributed by atoms with Gasteiger partial charge in [0.1, 0.15) is 24.4 Å². The summed E-state index contributed by atoms with van der Waals surface area (Å²) in [4.78, 5) is 4.52. The quantitative estimate of drug-likeness (QED) is 0.393. The molecule has 0 aliphatic carbocycles. The third-order valence-corrected chi connectivity index (χ3v) is 8.72. The number of fused-ring (bicyclic) bond motifs is 5. The number of benzene rings is 2. The van der Waals surface area contributed by atoms with E-state index in [-0.39, 0.29) is 25.2 Å². The first-order chi connectivity index (χ1) is 17.0. The number of hydrogen-bond acceptors (Lipinski definition) is 5. The summed E-state index contributed by atoms with van der Waals surface area (Å²) in [6.07, 6.45) is 5.30. The molecule has 6 nitrogen and oxygen atoms in total. The monoisotopic (exact) mass is 528 g/mol. The van der Waals surface area contributed by atoms with Gasteiger partial charge in [0.2, 0.25) is 6.79 Å². The molecule has 3 aromatic rings. The van der Waals surface area contributed by atoms with Crippen molar-refractivity contribution < 1.29 is 36.2 Å². The van der Waals surface area contributed by atoms with Gasteiger partial charge >= 0.3 is 0 Å². The summed E-state index contributed by atoms with van der Waals surface area (Å²) in [6.45, 7) is 7.01. The van der Waals surface area contributed by atoms with E-state index in [1.54, 1.807) is 13.3 Å². The second kappa shape index (κ2) is 9.75. The van der Waals surface area contributed by atoms with E-state index >= 15 is 0 Å². The van der Waals surface area contributed by atoms with Gasteiger partial charge in [0.05, 0.1) is 30.7 Å². The summed E-state index contributed by atoms with van der Waals surface area (Å²) in [5, 5.41) is 13.6. The summed E-state index contributed by atoms with van der Waals surface area (Å²) < 4.78 is 17.4. The van der Waals surface area contributed by atoms with Crippen molar-refractivity contribution in [2.45, 2.75) is 31.5 Å². The lowest BCUT2D eigenvalue weighted by atomic mass is 9.71. The van der Waals surface area contributed by atoms with Crippen molar-refractivity contribution in [1.82, 2.24) is 4.98 Å². The van der Waals surface area contributed by atoms with E-state index in [0.29, 0.717) is 22.6 Å². The van der Waals surface area contributed by atoms with Gasteiger partial charge in [-0.15, -0.1) is 6.58 Å². The van der Waals surface area contributed by atoms with Crippen LogP contribution < -0.4 is 26.6 Å². The van der Waals surface area contributed by atoms with Crippen molar-refractivity contribution in [1.29, 1.82) is 0 Å². The van der Waals surface area contributed by atoms with Crippen LogP contribution in [0.15, 0.2) is 55.3 Å². The van der Waals surface area contributed by atoms with Crippen LogP contribution >= 0.6 is 11.6 Å². The van der Waals surface area contributed by atoms with E-state index in [1.807, 2.05) is 36.4 Å². The standard InChI is InChI=1S/C28H30ClN2O4.ClH/c1-3-17-14-31(15-19-11-26-27(13-23(19)29)35-16-34-26)9-7-18(17)10-25(31)28(32)21-6-8-30-24-5-4-20(33-2)12-22(21)24;/h3-6,8,11-13,17-18,25,28,32H,1,7,9-10,14-16H2,2H3;1H/q+1;/p-1/t17?,18?,25?,28-,31?;/m1./s1. The van der Waals surface area contributed by atoms with E-state index in [9.17, 15) is 5.11 Å². The number of piperidine rings is 3. The van der Waals surface area contributed by atoms with Gasteiger partial charge in [-0.05, 0) is 41.8 Å². The van der Waals surface area contributed by atoms with Gasteiger partial charge < -0.3 is 36.2 Å². The number of ether oxygens (including phenoxy) is 3. The molecular weight excluding hydrogens is 499 g/mol. The van der Waals surface area contributed by atoms with Crippen LogP contribution in [0.3, 0.4) is 0 Å². The zero-order valence-corrected chi connectivity index (χ0v) is 21.7. The van der Waals surface area contributed by atoms with Crippen LogP contribution in [0.25, 0.3) is 10.9 Å². The number of methoxy groups -OCH3 is 1. The molecule has 0 spiro atoms. The zero-order chi connectivity index (χ0) is 24.2. The van der Waals surface area contributed by atoms with Gasteiger partial charge in [0.25, 0.3) is 0 Å². The smallest absolute Gasteiger partial charge is 0.231 e. The molecule has 5 atom stereocenters. The lowest BCUT2D eigenvalue weighted by Gasteiger charge is -2.58. The molecule has 1 aromatic heterocycles. The molecule has 7 rings (SSSR count). The van der Waals surface area contributed by atoms with E-state index < -0.39 is 6.10 Å². The van der Waals surface area contributed by atoms with Gasteiger partial charge in [0.15, 0.2) is 11.5 Å². The number of quaternary nitrogens is 1. The van der Waals surface area contributed by atoms with Crippen molar-refractivity contribution in [2.75, 3.05) is 27.0 Å². The van der Waals surface area contributed by atoms with Crippen LogP contribution in [0.4, 0.5) is 0 Å². The van der Waals surface area contributed by atoms with Gasteiger partial charge in [-0.2, -0.15) is 0 Å². The number of halogens is 2. The van der Waals surface area contributed by atoms with Crippen molar-refractivity contribution >= 4 is 22.5 Å². The Morgan fingerprint density at radius 1 is 1.25 bits per heavy atom. The predicted molar refractivity (Wildman–Crippen MR) is 135 cm³/mol. The Morgan fingerprint density at radius 3 is 2.83 bits per heavy atom. The Kier molecular flexibility index (Phi) is 6.81. The van der Waals surface area contributed by atoms with Gasteiger partial charge in [-0.1, -0.05) is 17.7 Å². The van der Waals surface area contributed by atoms with Crippen molar-refractivity contribution in [3.05, 3.63) is 71.4 Å². The summed E-state index contributed by atoms with van der Waals surface area (Å²) >= 11 is 6.73. The minimum atomic E-state index is -0.644. The normalized spacial score (nSPS) is 26.9. The lowest BCUT2D eigenvalue weighted by molar-refractivity contribution is -0.984. The molecule has 3 saturated heterocycles. The number of aromatic nitrogens is 1. The molecule has 1 N–H and O–H groups in total. The molecule has 5 heterocycles. The molecule has 8 heteroatoms. The topological polar surface area (TPSA) is 60.8 Å². The molecule has 3 fully saturated rings. The zero-order valence-electron chi connectivity index (χ0n) is 20.2. The van der Waals surface area contributed by atoms with Gasteiger partial charge in [0, 0.05) is 42.0 Å². The first kappa shape index (κ1) is 25.2. The fourth-order valence-electron chi connectivity index (χ4n) is 6.54. The first-order valence-corrected chi connectivity index (χ1v) is 12.6. The van der Waals surface area contributed by atoms with Crippen LogP contribution in [-0.4, -0.2) is 47.6 Å². The van der Waals surface area contributed by atoms with E-state index in [2.05, 4.69) is 17.6 Å². The summed E-state index contributed by atoms with van der Waals surface area (Å²) in [5.74, 6) is 3.14. The minimum absolute atomic E-state index is 0. The van der Waals surface area contributed by atoms with E-state index in [0.717, 1.165) is 70.5 Å². The lowest BCUT2D eigenvalue weighted by Crippen LogP contribution is -3.00. The Bertz CT molecular complexity index is 1300. The second-order valence-corrected chi connectivity index (χ2v) is 10.5. The highest BCUT2D eigenvalue weighted by Gasteiger charge is 2.54. The molecule has 2 aromatic carbocycles. The third-order valence-electron chi connectivity index (χ3n) is 8.37. The van der Waals surface area contributed by atoms with Crippen LogP contribution in [0.1, 0.15) is 30.1 Å². The second-order valence-electron chi connectivity index (χ2n) is 10.1. The molecule has 0 amide bonds. The molecule has 36 heavy (non-hydrogen) atoms. The van der Waals surface area contributed by atoms with E-state index in [4.69, 9.17) is 25.8 Å². The molecular formula is C28H30Cl2N2O4. The van der Waals surface area contributed by atoms with Crippen molar-refractivity contribution in [2.24, 2.45) is 11.8 Å². The average molecular weight is 529 g/mol. The molecule has 4 aliphatic rings. The highest BCUT2D eigenvalue weighted by Crippen LogP contribution is 2.49. The van der Waals surface area contributed by atoms with Crippen molar-refractivity contribution in [3.8, 4) is 17.2 Å². The number of nitrogens with zero attached hydrogens (tertiary/aromatic N) is 2. The Morgan fingerprint density at radius 2 is 2.06 bits per heavy atom. The number of pyridine rings is 1. The fourth-order valence-corrected chi connectivity index (χ4v) is 6.75. The summed E-state index contributed by atoms with van der Waals surface area (Å²) in [7, 11) is 1.66. The SMILES string of the molecule is C=CC1C[N+]2(Cc3cc4c(cc3Cl)OCO4)CCC1CC2[C@H](O)c1ccnc2ccc(OC)cc12.[Cl-]. The number of aliphatic hydroxyl groups is 1. The highest BCUT2D eigenvalue weighted by molar-refractivity contribution is 6.31. The van der Waals surface area contributed by atoms with Gasteiger partial charge in [-0.25, -0.2) is 0 Å². The molecule has 0 radical (unpaired) electrons. The maximum absolute atomic E-state index is 12.0.